The van der Waals surface area contributed by atoms with Gasteiger partial charge in [0.1, 0.15) is 6.04 Å². The van der Waals surface area contributed by atoms with E-state index in [4.69, 9.17) is 4.43 Å². The Morgan fingerprint density at radius 2 is 1.94 bits per heavy atom. The molecular weight excluding hydrogens is 242 g/mol. The van der Waals surface area contributed by atoms with Gasteiger partial charge in [0.05, 0.1) is 13.7 Å². The van der Waals surface area contributed by atoms with Gasteiger partial charge in [0.2, 0.25) is 8.32 Å². The van der Waals surface area contributed by atoms with E-state index in [1.54, 1.807) is 0 Å². The predicted molar refractivity (Wildman–Crippen MR) is 62.0 cm³/mol. The maximum absolute atomic E-state index is 11.8. The molecule has 0 N–H and O–H groups in total. The number of esters is 1. The number of nitrogens with zero attached hydrogens (tertiary/aromatic N) is 1. The highest BCUT2D eigenvalue weighted by atomic mass is 28.4. The van der Waals surface area contributed by atoms with Gasteiger partial charge in [0.15, 0.2) is 5.78 Å². The molecule has 0 aliphatic carbocycles. The zero-order valence-electron chi connectivity index (χ0n) is 10.5. The molecule has 0 spiro atoms. The van der Waals surface area contributed by atoms with Crippen molar-refractivity contribution in [2.45, 2.75) is 32.1 Å². The number of Topliss-reactive ketones (excluding diaryl/α,β-unsaturated/α-hetero) is 1. The number of ketones is 1. The Hall–Kier alpha value is -1.37. The summed E-state index contributed by atoms with van der Waals surface area (Å²) in [6, 6.07) is -0.837. The second-order valence-corrected chi connectivity index (χ2v) is 9.32. The Bertz CT molecular complexity index is 349. The summed E-state index contributed by atoms with van der Waals surface area (Å²) in [5.74, 6) is -0.740. The van der Waals surface area contributed by atoms with Gasteiger partial charge in [-0.3, -0.25) is 9.69 Å². The molecule has 1 fully saturated rings. The van der Waals surface area contributed by atoms with Crippen molar-refractivity contribution in [1.29, 1.82) is 0 Å². The number of amides is 1. The number of carbonyl (C=O) groups excluding carboxylic acids is 3. The molecule has 1 saturated heterocycles. The Labute approximate surface area is 101 Å². The molecule has 0 bridgehead atoms. The van der Waals surface area contributed by atoms with Gasteiger partial charge in [-0.1, -0.05) is 0 Å². The average molecular weight is 259 g/mol. The summed E-state index contributed by atoms with van der Waals surface area (Å²) in [6.45, 7) is 5.49. The maximum atomic E-state index is 11.8. The number of hydrogen-bond donors (Lipinski definition) is 0. The van der Waals surface area contributed by atoms with Crippen molar-refractivity contribution in [2.24, 2.45) is 0 Å². The first-order valence-electron chi connectivity index (χ1n) is 5.34. The monoisotopic (exact) mass is 259 g/mol. The summed E-state index contributed by atoms with van der Waals surface area (Å²) < 4.78 is 9.82. The fourth-order valence-corrected chi connectivity index (χ4v) is 2.19. The minimum atomic E-state index is -2.04. The molecule has 6 nitrogen and oxygen atoms in total. The van der Waals surface area contributed by atoms with E-state index in [1.807, 2.05) is 19.6 Å². The molecule has 1 amide bonds. The molecule has 0 aromatic rings. The van der Waals surface area contributed by atoms with Crippen molar-refractivity contribution >= 4 is 26.2 Å². The summed E-state index contributed by atoms with van der Waals surface area (Å²) in [4.78, 5) is 35.7. The standard InChI is InChI=1S/C10H17NO5Si/c1-15-9(13)8-5-7(12)6-11(8)10(14)16-17(2,3)4/h8H,5-6H2,1-4H3. The second-order valence-electron chi connectivity index (χ2n) is 4.89. The van der Waals surface area contributed by atoms with Crippen LogP contribution in [0.25, 0.3) is 0 Å². The Morgan fingerprint density at radius 3 is 2.41 bits per heavy atom. The second kappa shape index (κ2) is 4.87. The number of ether oxygens (including phenoxy) is 1. The van der Waals surface area contributed by atoms with Crippen LogP contribution in [0.5, 0.6) is 0 Å². The molecule has 1 heterocycles. The van der Waals surface area contributed by atoms with Crippen LogP contribution in [0.2, 0.25) is 19.6 Å². The SMILES string of the molecule is COC(=O)C1CC(=O)CN1C(=O)O[Si](C)(C)C. The molecule has 0 saturated carbocycles. The highest BCUT2D eigenvalue weighted by Crippen LogP contribution is 2.18. The van der Waals surface area contributed by atoms with Crippen molar-refractivity contribution in [3.05, 3.63) is 0 Å². The lowest BCUT2D eigenvalue weighted by molar-refractivity contribution is -0.145. The van der Waals surface area contributed by atoms with E-state index in [0.717, 1.165) is 4.90 Å². The molecule has 1 aliphatic heterocycles. The summed E-state index contributed by atoms with van der Waals surface area (Å²) in [5, 5.41) is 0. The van der Waals surface area contributed by atoms with Crippen LogP contribution in [-0.4, -0.2) is 50.8 Å². The van der Waals surface area contributed by atoms with Crippen molar-refractivity contribution in [2.75, 3.05) is 13.7 Å². The highest BCUT2D eigenvalue weighted by molar-refractivity contribution is 6.71. The lowest BCUT2D eigenvalue weighted by atomic mass is 10.2. The highest BCUT2D eigenvalue weighted by Gasteiger charge is 2.41. The topological polar surface area (TPSA) is 72.9 Å². The van der Waals surface area contributed by atoms with Crippen LogP contribution in [0.1, 0.15) is 6.42 Å². The maximum Gasteiger partial charge on any atom is 0.397 e. The van der Waals surface area contributed by atoms with E-state index in [1.165, 1.54) is 7.11 Å². The van der Waals surface area contributed by atoms with Gasteiger partial charge in [-0.2, -0.15) is 0 Å². The Morgan fingerprint density at radius 1 is 1.35 bits per heavy atom. The molecule has 1 rings (SSSR count). The zero-order valence-corrected chi connectivity index (χ0v) is 11.5. The Balaban J connectivity index is 2.77. The van der Waals surface area contributed by atoms with E-state index < -0.39 is 26.4 Å². The largest absolute Gasteiger partial charge is 0.504 e. The quantitative estimate of drug-likeness (QED) is 0.541. The molecular formula is C10H17NO5Si. The molecule has 17 heavy (non-hydrogen) atoms. The van der Waals surface area contributed by atoms with Crippen LogP contribution in [0.15, 0.2) is 0 Å². The van der Waals surface area contributed by atoms with Gasteiger partial charge < -0.3 is 9.16 Å². The number of carbonyl (C=O) groups is 3. The fraction of sp³-hybridized carbons (Fsp3) is 0.700. The van der Waals surface area contributed by atoms with Crippen molar-refractivity contribution in [3.63, 3.8) is 0 Å². The van der Waals surface area contributed by atoms with Crippen molar-refractivity contribution in [3.8, 4) is 0 Å². The van der Waals surface area contributed by atoms with Crippen LogP contribution in [0.4, 0.5) is 4.79 Å². The van der Waals surface area contributed by atoms with Crippen molar-refractivity contribution in [1.82, 2.24) is 4.90 Å². The van der Waals surface area contributed by atoms with E-state index in [2.05, 4.69) is 4.74 Å². The number of rotatable bonds is 2. The van der Waals surface area contributed by atoms with Gasteiger partial charge in [0, 0.05) is 6.42 Å². The third-order valence-corrected chi connectivity index (χ3v) is 3.03. The Kier molecular flexibility index (Phi) is 3.92. The lowest BCUT2D eigenvalue weighted by Crippen LogP contribution is -2.45. The normalized spacial score (nSPS) is 20.4. The van der Waals surface area contributed by atoms with Gasteiger partial charge in [-0.25, -0.2) is 9.59 Å². The summed E-state index contributed by atoms with van der Waals surface area (Å²) >= 11 is 0. The van der Waals surface area contributed by atoms with Crippen LogP contribution in [0.3, 0.4) is 0 Å². The number of hydrogen-bond acceptors (Lipinski definition) is 5. The molecule has 0 radical (unpaired) electrons. The molecule has 1 atom stereocenters. The van der Waals surface area contributed by atoms with Crippen LogP contribution in [0, 0.1) is 0 Å². The van der Waals surface area contributed by atoms with Crippen molar-refractivity contribution < 1.29 is 23.5 Å². The minimum absolute atomic E-state index is 0.00741. The zero-order chi connectivity index (χ0) is 13.2. The van der Waals surface area contributed by atoms with E-state index in [9.17, 15) is 14.4 Å². The summed E-state index contributed by atoms with van der Waals surface area (Å²) in [7, 11) is -0.810. The molecule has 0 aromatic heterocycles. The third-order valence-electron chi connectivity index (χ3n) is 2.25. The van der Waals surface area contributed by atoms with Gasteiger partial charge >= 0.3 is 12.1 Å². The first-order chi connectivity index (χ1) is 7.74. The van der Waals surface area contributed by atoms with E-state index in [-0.39, 0.29) is 18.7 Å². The first kappa shape index (κ1) is 13.7. The molecule has 7 heteroatoms. The molecule has 96 valence electrons. The smallest absolute Gasteiger partial charge is 0.397 e. The van der Waals surface area contributed by atoms with E-state index >= 15 is 0 Å². The number of likely N-dealkylation sites (tertiary alicyclic amines) is 1. The first-order valence-corrected chi connectivity index (χ1v) is 8.74. The van der Waals surface area contributed by atoms with Crippen LogP contribution in [-0.2, 0) is 18.8 Å². The lowest BCUT2D eigenvalue weighted by Gasteiger charge is -2.25. The molecule has 1 aliphatic rings. The van der Waals surface area contributed by atoms with Gasteiger partial charge in [0.25, 0.3) is 0 Å². The van der Waals surface area contributed by atoms with Crippen LogP contribution < -0.4 is 0 Å². The van der Waals surface area contributed by atoms with Gasteiger partial charge in [-0.05, 0) is 19.6 Å². The summed E-state index contributed by atoms with van der Waals surface area (Å²) in [5.41, 5.74) is 0. The van der Waals surface area contributed by atoms with E-state index in [0.29, 0.717) is 0 Å². The molecule has 1 unspecified atom stereocenters. The summed E-state index contributed by atoms with van der Waals surface area (Å²) in [6.07, 6.45) is -0.599. The molecule has 0 aromatic carbocycles. The minimum Gasteiger partial charge on any atom is -0.504 e. The predicted octanol–water partition coefficient (Wildman–Crippen LogP) is 0.774. The average Bonchev–Trinajstić information content (AvgIpc) is 2.56. The van der Waals surface area contributed by atoms with Gasteiger partial charge in [-0.15, -0.1) is 0 Å². The van der Waals surface area contributed by atoms with Crippen LogP contribution >= 0.6 is 0 Å². The number of methoxy groups -OCH3 is 1. The fourth-order valence-electron chi connectivity index (χ4n) is 1.55. The third kappa shape index (κ3) is 3.55.